The van der Waals surface area contributed by atoms with Gasteiger partial charge in [-0.15, -0.1) is 0 Å². The molecule has 0 bridgehead atoms. The van der Waals surface area contributed by atoms with Crippen molar-refractivity contribution in [2.45, 2.75) is 168 Å². The summed E-state index contributed by atoms with van der Waals surface area (Å²) in [5.41, 5.74) is 0. The number of rotatable bonds is 32. The van der Waals surface area contributed by atoms with Gasteiger partial charge in [0.25, 0.3) is 0 Å². The standard InChI is InChI=1S/C35H65O8P/c1-4-6-8-10-12-14-16-17-18-20-22-24-26-28-30-35(37)43-33(32-42-44(38,39)40-3)31-41-34(36)29-27-25-23-21-19-15-13-11-9-7-5-2/h11,13,16-17,33H,4-10,12,14-15,18-32H2,1-3H3,(H,38,39)/b13-11-,17-16-. The van der Waals surface area contributed by atoms with Crippen LogP contribution in [0.1, 0.15) is 162 Å². The molecule has 0 amide bonds. The van der Waals surface area contributed by atoms with E-state index in [1.165, 1.54) is 51.4 Å². The Labute approximate surface area is 269 Å². The first-order chi connectivity index (χ1) is 21.3. The maximum absolute atomic E-state index is 12.4. The van der Waals surface area contributed by atoms with Crippen LogP contribution in [0.25, 0.3) is 0 Å². The Morgan fingerprint density at radius 3 is 1.55 bits per heavy atom. The highest BCUT2D eigenvalue weighted by molar-refractivity contribution is 7.47. The minimum absolute atomic E-state index is 0.231. The van der Waals surface area contributed by atoms with Crippen molar-refractivity contribution in [3.63, 3.8) is 0 Å². The summed E-state index contributed by atoms with van der Waals surface area (Å²) < 4.78 is 31.7. The lowest BCUT2D eigenvalue weighted by molar-refractivity contribution is -0.161. The predicted molar refractivity (Wildman–Crippen MR) is 179 cm³/mol. The van der Waals surface area contributed by atoms with E-state index in [1.54, 1.807) is 0 Å². The van der Waals surface area contributed by atoms with Crippen LogP contribution in [0, 0.1) is 0 Å². The molecule has 2 atom stereocenters. The lowest BCUT2D eigenvalue weighted by Crippen LogP contribution is -2.29. The molecule has 9 heteroatoms. The van der Waals surface area contributed by atoms with E-state index >= 15 is 0 Å². The third-order valence-corrected chi connectivity index (χ3v) is 8.35. The fourth-order valence-corrected chi connectivity index (χ4v) is 5.09. The summed E-state index contributed by atoms with van der Waals surface area (Å²) >= 11 is 0. The van der Waals surface area contributed by atoms with E-state index in [0.29, 0.717) is 6.42 Å². The second-order valence-electron chi connectivity index (χ2n) is 11.6. The van der Waals surface area contributed by atoms with Gasteiger partial charge in [0.15, 0.2) is 6.10 Å². The average Bonchev–Trinajstić information content (AvgIpc) is 3.01. The van der Waals surface area contributed by atoms with Crippen LogP contribution in [-0.4, -0.2) is 43.3 Å². The number of unbranched alkanes of at least 4 members (excludes halogenated alkanes) is 17. The molecule has 8 nitrogen and oxygen atoms in total. The highest BCUT2D eigenvalue weighted by Crippen LogP contribution is 2.42. The SMILES string of the molecule is CCCC/C=C\CCCCCCCC(=O)OCC(COP(=O)(O)OC)OC(=O)CCCCCCC/C=C\CCCCCCC. The first kappa shape index (κ1) is 42.5. The first-order valence-corrected chi connectivity index (χ1v) is 19.0. The first-order valence-electron chi connectivity index (χ1n) is 17.5. The maximum Gasteiger partial charge on any atom is 0.472 e. The number of esters is 2. The smallest absolute Gasteiger partial charge is 0.462 e. The molecule has 44 heavy (non-hydrogen) atoms. The van der Waals surface area contributed by atoms with Crippen molar-refractivity contribution in [2.24, 2.45) is 0 Å². The van der Waals surface area contributed by atoms with Gasteiger partial charge in [0.05, 0.1) is 6.61 Å². The Morgan fingerprint density at radius 1 is 0.614 bits per heavy atom. The van der Waals surface area contributed by atoms with Crippen LogP contribution in [0.5, 0.6) is 0 Å². The molecular formula is C35H65O8P. The predicted octanol–water partition coefficient (Wildman–Crippen LogP) is 10.3. The van der Waals surface area contributed by atoms with Gasteiger partial charge < -0.3 is 14.4 Å². The van der Waals surface area contributed by atoms with Crippen molar-refractivity contribution in [1.29, 1.82) is 0 Å². The summed E-state index contributed by atoms with van der Waals surface area (Å²) in [6.45, 7) is 3.80. The summed E-state index contributed by atoms with van der Waals surface area (Å²) in [4.78, 5) is 34.2. The third kappa shape index (κ3) is 30.6. The normalized spacial score (nSPS) is 13.8. The van der Waals surface area contributed by atoms with Crippen LogP contribution in [0.4, 0.5) is 0 Å². The molecule has 0 saturated heterocycles. The van der Waals surface area contributed by atoms with Gasteiger partial charge in [-0.05, 0) is 57.8 Å². The molecule has 0 heterocycles. The largest absolute Gasteiger partial charge is 0.472 e. The van der Waals surface area contributed by atoms with Crippen molar-refractivity contribution in [3.8, 4) is 0 Å². The van der Waals surface area contributed by atoms with E-state index in [1.807, 2.05) is 0 Å². The molecule has 0 aliphatic carbocycles. The Balaban J connectivity index is 4.12. The molecular weight excluding hydrogens is 579 g/mol. The van der Waals surface area contributed by atoms with E-state index in [0.717, 1.165) is 84.2 Å². The summed E-state index contributed by atoms with van der Waals surface area (Å²) in [5, 5.41) is 0. The molecule has 0 aromatic carbocycles. The number of ether oxygens (including phenoxy) is 2. The van der Waals surface area contributed by atoms with Crippen molar-refractivity contribution in [1.82, 2.24) is 0 Å². The van der Waals surface area contributed by atoms with E-state index in [4.69, 9.17) is 14.0 Å². The molecule has 0 saturated carbocycles. The van der Waals surface area contributed by atoms with Gasteiger partial charge in [-0.3, -0.25) is 18.6 Å². The fraction of sp³-hybridized carbons (Fsp3) is 0.829. The molecule has 0 aliphatic heterocycles. The average molecular weight is 645 g/mol. The van der Waals surface area contributed by atoms with E-state index in [2.05, 4.69) is 42.7 Å². The van der Waals surface area contributed by atoms with E-state index in [9.17, 15) is 19.0 Å². The van der Waals surface area contributed by atoms with Gasteiger partial charge in [0, 0.05) is 20.0 Å². The lowest BCUT2D eigenvalue weighted by atomic mass is 10.1. The second kappa shape index (κ2) is 31.5. The van der Waals surface area contributed by atoms with Crippen molar-refractivity contribution in [3.05, 3.63) is 24.3 Å². The Kier molecular flexibility index (Phi) is 30.5. The minimum atomic E-state index is -4.25. The van der Waals surface area contributed by atoms with Crippen LogP contribution < -0.4 is 0 Å². The van der Waals surface area contributed by atoms with Crippen molar-refractivity contribution >= 4 is 19.8 Å². The summed E-state index contributed by atoms with van der Waals surface area (Å²) in [7, 11) is -3.20. The van der Waals surface area contributed by atoms with Gasteiger partial charge in [-0.2, -0.15) is 0 Å². The highest BCUT2D eigenvalue weighted by Gasteiger charge is 2.24. The third-order valence-electron chi connectivity index (χ3n) is 7.42. The van der Waals surface area contributed by atoms with Crippen LogP contribution in [0.2, 0.25) is 0 Å². The maximum atomic E-state index is 12.4. The molecule has 0 spiro atoms. The van der Waals surface area contributed by atoms with Crippen LogP contribution in [0.3, 0.4) is 0 Å². The minimum Gasteiger partial charge on any atom is -0.462 e. The second-order valence-corrected chi connectivity index (χ2v) is 13.2. The van der Waals surface area contributed by atoms with Gasteiger partial charge in [0.1, 0.15) is 6.61 Å². The molecule has 2 unspecified atom stereocenters. The zero-order valence-corrected chi connectivity index (χ0v) is 29.2. The van der Waals surface area contributed by atoms with Gasteiger partial charge in [-0.1, -0.05) is 115 Å². The Hall–Kier alpha value is -1.47. The number of allylic oxidation sites excluding steroid dienone is 4. The van der Waals surface area contributed by atoms with Crippen LogP contribution in [-0.2, 0) is 32.7 Å². The quantitative estimate of drug-likeness (QED) is 0.0333. The Morgan fingerprint density at radius 2 is 1.05 bits per heavy atom. The molecule has 258 valence electrons. The van der Waals surface area contributed by atoms with Crippen LogP contribution >= 0.6 is 7.82 Å². The molecule has 0 rings (SSSR count). The number of phosphoric acid groups is 1. The zero-order valence-electron chi connectivity index (χ0n) is 28.3. The summed E-state index contributed by atoms with van der Waals surface area (Å²) in [5.74, 6) is -0.826. The van der Waals surface area contributed by atoms with Crippen LogP contribution in [0.15, 0.2) is 24.3 Å². The van der Waals surface area contributed by atoms with E-state index < -0.39 is 26.5 Å². The van der Waals surface area contributed by atoms with Crippen molar-refractivity contribution < 1.29 is 37.6 Å². The zero-order chi connectivity index (χ0) is 32.6. The number of carbonyl (C=O) groups is 2. The van der Waals surface area contributed by atoms with Gasteiger partial charge in [-0.25, -0.2) is 4.57 Å². The number of hydrogen-bond acceptors (Lipinski definition) is 7. The lowest BCUT2D eigenvalue weighted by Gasteiger charge is -2.19. The number of phosphoric ester groups is 1. The topological polar surface area (TPSA) is 108 Å². The van der Waals surface area contributed by atoms with Crippen molar-refractivity contribution in [2.75, 3.05) is 20.3 Å². The summed E-state index contributed by atoms with van der Waals surface area (Å²) in [6.07, 6.45) is 32.3. The monoisotopic (exact) mass is 644 g/mol. The Bertz CT molecular complexity index is 783. The fourth-order valence-electron chi connectivity index (χ4n) is 4.63. The molecule has 0 radical (unpaired) electrons. The highest BCUT2D eigenvalue weighted by atomic mass is 31.2. The molecule has 0 fully saturated rings. The number of carbonyl (C=O) groups excluding carboxylic acids is 2. The molecule has 0 aromatic rings. The van der Waals surface area contributed by atoms with Gasteiger partial charge in [0.2, 0.25) is 0 Å². The molecule has 1 N–H and O–H groups in total. The van der Waals surface area contributed by atoms with Gasteiger partial charge >= 0.3 is 19.8 Å². The molecule has 0 aromatic heterocycles. The number of hydrogen-bond donors (Lipinski definition) is 1. The summed E-state index contributed by atoms with van der Waals surface area (Å²) in [6, 6.07) is 0. The molecule has 0 aliphatic rings. The van der Waals surface area contributed by atoms with E-state index in [-0.39, 0.29) is 25.4 Å².